The van der Waals surface area contributed by atoms with Gasteiger partial charge < -0.3 is 10.1 Å². The molecular formula is C18H27NO3. The topological polar surface area (TPSA) is 55.4 Å². The Morgan fingerprint density at radius 3 is 2.09 bits per heavy atom. The molecule has 0 aliphatic rings. The minimum atomic E-state index is -0.523. The maximum absolute atomic E-state index is 12.0. The number of Topliss-reactive ketones (excluding diaryl/α,β-unsaturated/α-hetero) is 1. The molecule has 1 atom stereocenters. The molecule has 0 aliphatic carbocycles. The highest BCUT2D eigenvalue weighted by Crippen LogP contribution is 2.22. The van der Waals surface area contributed by atoms with Gasteiger partial charge in [-0.15, -0.1) is 0 Å². The Labute approximate surface area is 133 Å². The van der Waals surface area contributed by atoms with Crippen LogP contribution in [-0.2, 0) is 4.74 Å². The Kier molecular flexibility index (Phi) is 6.15. The third-order valence-corrected chi connectivity index (χ3v) is 3.12. The van der Waals surface area contributed by atoms with Crippen LogP contribution in [0.1, 0.15) is 69.9 Å². The van der Waals surface area contributed by atoms with Gasteiger partial charge in [0.25, 0.3) is 0 Å². The number of hydrogen-bond acceptors (Lipinski definition) is 3. The number of hydrogen-bond donors (Lipinski definition) is 1. The fraction of sp³-hybridized carbons (Fsp3) is 0.556. The van der Waals surface area contributed by atoms with E-state index in [-0.39, 0.29) is 11.8 Å². The molecule has 0 saturated heterocycles. The molecule has 0 aromatic heterocycles. The smallest absolute Gasteiger partial charge is 0.408 e. The van der Waals surface area contributed by atoms with Gasteiger partial charge in [-0.3, -0.25) is 4.79 Å². The molecule has 122 valence electrons. The summed E-state index contributed by atoms with van der Waals surface area (Å²) in [4.78, 5) is 23.4. The highest BCUT2D eigenvalue weighted by molar-refractivity contribution is 5.94. The molecule has 1 aromatic rings. The van der Waals surface area contributed by atoms with E-state index in [1.54, 1.807) is 19.1 Å². The second-order valence-corrected chi connectivity index (χ2v) is 7.01. The Bertz CT molecular complexity index is 512. The fourth-order valence-corrected chi connectivity index (χ4v) is 2.15. The summed E-state index contributed by atoms with van der Waals surface area (Å²) in [7, 11) is 0. The predicted octanol–water partition coefficient (Wildman–Crippen LogP) is 4.50. The van der Waals surface area contributed by atoms with Crippen LogP contribution in [0.3, 0.4) is 0 Å². The van der Waals surface area contributed by atoms with Crippen LogP contribution in [0.15, 0.2) is 24.3 Å². The van der Waals surface area contributed by atoms with Crippen molar-refractivity contribution in [2.24, 2.45) is 5.92 Å². The summed E-state index contributed by atoms with van der Waals surface area (Å²) in [6.45, 7) is 11.3. The lowest BCUT2D eigenvalue weighted by atomic mass is 9.96. The Morgan fingerprint density at radius 2 is 1.68 bits per heavy atom. The van der Waals surface area contributed by atoms with Crippen LogP contribution >= 0.6 is 0 Å². The number of carbonyl (C=O) groups is 2. The molecule has 0 radical (unpaired) electrons. The van der Waals surface area contributed by atoms with Crippen molar-refractivity contribution in [2.45, 2.75) is 59.6 Å². The van der Waals surface area contributed by atoms with E-state index in [0.29, 0.717) is 11.5 Å². The van der Waals surface area contributed by atoms with Crippen LogP contribution < -0.4 is 5.32 Å². The molecular weight excluding hydrogens is 278 g/mol. The Hall–Kier alpha value is -1.84. The maximum atomic E-state index is 12.0. The molecule has 22 heavy (non-hydrogen) atoms. The molecule has 4 heteroatoms. The van der Waals surface area contributed by atoms with E-state index in [1.807, 2.05) is 32.9 Å². The summed E-state index contributed by atoms with van der Waals surface area (Å²) in [5, 5.41) is 2.92. The zero-order chi connectivity index (χ0) is 16.9. The van der Waals surface area contributed by atoms with Gasteiger partial charge in [0.2, 0.25) is 0 Å². The van der Waals surface area contributed by atoms with Gasteiger partial charge in [0.05, 0.1) is 6.04 Å². The van der Waals surface area contributed by atoms with E-state index >= 15 is 0 Å². The summed E-state index contributed by atoms with van der Waals surface area (Å²) in [6, 6.07) is 7.24. The summed E-state index contributed by atoms with van der Waals surface area (Å²) in [5.41, 5.74) is 1.12. The van der Waals surface area contributed by atoms with Crippen molar-refractivity contribution in [3.63, 3.8) is 0 Å². The second-order valence-electron chi connectivity index (χ2n) is 7.01. The van der Waals surface area contributed by atoms with E-state index in [0.717, 1.165) is 12.0 Å². The first-order valence-electron chi connectivity index (χ1n) is 7.69. The van der Waals surface area contributed by atoms with E-state index in [9.17, 15) is 9.59 Å². The van der Waals surface area contributed by atoms with Crippen molar-refractivity contribution in [1.82, 2.24) is 5.32 Å². The fourth-order valence-electron chi connectivity index (χ4n) is 2.15. The van der Waals surface area contributed by atoms with Crippen LogP contribution in [0.25, 0.3) is 0 Å². The van der Waals surface area contributed by atoms with Gasteiger partial charge in [-0.1, -0.05) is 38.1 Å². The number of carbonyl (C=O) groups excluding carboxylic acids is 2. The van der Waals surface area contributed by atoms with Gasteiger partial charge in [0.1, 0.15) is 5.60 Å². The van der Waals surface area contributed by atoms with E-state index in [2.05, 4.69) is 19.2 Å². The zero-order valence-corrected chi connectivity index (χ0v) is 14.4. The molecule has 0 fully saturated rings. The molecule has 0 spiro atoms. The molecule has 0 unspecified atom stereocenters. The molecule has 0 bridgehead atoms. The van der Waals surface area contributed by atoms with Crippen molar-refractivity contribution in [3.8, 4) is 0 Å². The van der Waals surface area contributed by atoms with Gasteiger partial charge >= 0.3 is 6.09 Å². The largest absolute Gasteiger partial charge is 0.444 e. The highest BCUT2D eigenvalue weighted by atomic mass is 16.6. The number of amides is 1. The monoisotopic (exact) mass is 305 g/mol. The lowest BCUT2D eigenvalue weighted by molar-refractivity contribution is 0.0497. The predicted molar refractivity (Wildman–Crippen MR) is 88.0 cm³/mol. The quantitative estimate of drug-likeness (QED) is 0.815. The molecule has 1 amide bonds. The van der Waals surface area contributed by atoms with Crippen LogP contribution in [0.2, 0.25) is 0 Å². The first-order chi connectivity index (χ1) is 10.1. The molecule has 1 aromatic carbocycles. The third kappa shape index (κ3) is 6.29. The van der Waals surface area contributed by atoms with Crippen LogP contribution in [0.5, 0.6) is 0 Å². The highest BCUT2D eigenvalue weighted by Gasteiger charge is 2.21. The Balaban J connectivity index is 2.88. The van der Waals surface area contributed by atoms with Gasteiger partial charge in [0.15, 0.2) is 5.78 Å². The first kappa shape index (κ1) is 18.2. The van der Waals surface area contributed by atoms with Crippen LogP contribution in [0.4, 0.5) is 4.79 Å². The lowest BCUT2D eigenvalue weighted by Gasteiger charge is -2.25. The van der Waals surface area contributed by atoms with Gasteiger partial charge in [-0.25, -0.2) is 4.79 Å². The van der Waals surface area contributed by atoms with Gasteiger partial charge in [-0.05, 0) is 45.6 Å². The molecule has 1 rings (SSSR count). The SMILES string of the molecule is CC(=O)c1ccc([C@H](CC(C)C)NC(=O)OC(C)(C)C)cc1. The van der Waals surface area contributed by atoms with E-state index in [1.165, 1.54) is 0 Å². The maximum Gasteiger partial charge on any atom is 0.408 e. The zero-order valence-electron chi connectivity index (χ0n) is 14.4. The van der Waals surface area contributed by atoms with Gasteiger partial charge in [-0.2, -0.15) is 0 Å². The van der Waals surface area contributed by atoms with Crippen molar-refractivity contribution in [1.29, 1.82) is 0 Å². The summed E-state index contributed by atoms with van der Waals surface area (Å²) in [5.74, 6) is 0.458. The number of ether oxygens (including phenoxy) is 1. The summed E-state index contributed by atoms with van der Waals surface area (Å²) < 4.78 is 5.33. The average molecular weight is 305 g/mol. The van der Waals surface area contributed by atoms with Crippen molar-refractivity contribution in [3.05, 3.63) is 35.4 Å². The lowest BCUT2D eigenvalue weighted by Crippen LogP contribution is -2.35. The number of ketones is 1. The van der Waals surface area contributed by atoms with Crippen molar-refractivity contribution >= 4 is 11.9 Å². The number of nitrogens with one attached hydrogen (secondary N) is 1. The second kappa shape index (κ2) is 7.43. The molecule has 0 saturated carbocycles. The normalized spacial score (nSPS) is 12.9. The van der Waals surface area contributed by atoms with Crippen molar-refractivity contribution < 1.29 is 14.3 Å². The summed E-state index contributed by atoms with van der Waals surface area (Å²) in [6.07, 6.45) is 0.382. The molecule has 0 heterocycles. The molecule has 0 aliphatic heterocycles. The van der Waals surface area contributed by atoms with Crippen molar-refractivity contribution in [2.75, 3.05) is 0 Å². The average Bonchev–Trinajstić information content (AvgIpc) is 2.35. The Morgan fingerprint density at radius 1 is 1.14 bits per heavy atom. The summed E-state index contributed by atoms with van der Waals surface area (Å²) >= 11 is 0. The molecule has 1 N–H and O–H groups in total. The van der Waals surface area contributed by atoms with E-state index < -0.39 is 11.7 Å². The van der Waals surface area contributed by atoms with E-state index in [4.69, 9.17) is 4.74 Å². The molecule has 4 nitrogen and oxygen atoms in total. The minimum Gasteiger partial charge on any atom is -0.444 e. The standard InChI is InChI=1S/C18H27NO3/c1-12(2)11-16(19-17(21)22-18(4,5)6)15-9-7-14(8-10-15)13(3)20/h7-10,12,16H,11H2,1-6H3,(H,19,21)/t16-/m0/s1. The first-order valence-corrected chi connectivity index (χ1v) is 7.69. The van der Waals surface area contributed by atoms with Crippen LogP contribution in [0, 0.1) is 5.92 Å². The minimum absolute atomic E-state index is 0.0343. The third-order valence-electron chi connectivity index (χ3n) is 3.12. The number of rotatable bonds is 5. The van der Waals surface area contributed by atoms with Crippen LogP contribution in [-0.4, -0.2) is 17.5 Å². The number of alkyl carbamates (subject to hydrolysis) is 1. The van der Waals surface area contributed by atoms with Gasteiger partial charge in [0, 0.05) is 5.56 Å². The number of benzene rings is 1.